The largest absolute Gasteiger partial charge is 0.493 e. The fourth-order valence-electron chi connectivity index (χ4n) is 1.50. The second kappa shape index (κ2) is 5.77. The molecule has 0 N–H and O–H groups in total. The van der Waals surface area contributed by atoms with Gasteiger partial charge in [0.15, 0.2) is 16.9 Å². The molecule has 1 atom stereocenters. The van der Waals surface area contributed by atoms with Gasteiger partial charge in [0.25, 0.3) is 0 Å². The first kappa shape index (κ1) is 13.6. The summed E-state index contributed by atoms with van der Waals surface area (Å²) in [6.45, 7) is 1.84. The maximum Gasteiger partial charge on any atom is 0.328 e. The van der Waals surface area contributed by atoms with Crippen LogP contribution in [0.1, 0.15) is 16.5 Å². The zero-order valence-corrected chi connectivity index (χ0v) is 11.0. The third-order valence-electron chi connectivity index (χ3n) is 2.45. The van der Waals surface area contributed by atoms with Gasteiger partial charge in [-0.15, -0.1) is 11.6 Å². The second-order valence-corrected chi connectivity index (χ2v) is 3.89. The molecule has 0 aliphatic heterocycles. The number of esters is 1. The molecule has 0 aromatic heterocycles. The summed E-state index contributed by atoms with van der Waals surface area (Å²) in [6, 6.07) is 3.45. The number of methoxy groups -OCH3 is 3. The standard InChI is InChI=1S/C12H15ClO4/c1-7-5-9(15-2)10(16-3)6-8(7)11(13)12(14)17-4/h5-6,11H,1-4H3. The summed E-state index contributed by atoms with van der Waals surface area (Å²) in [5.41, 5.74) is 1.49. The number of halogens is 1. The van der Waals surface area contributed by atoms with Crippen LogP contribution in [0.4, 0.5) is 0 Å². The van der Waals surface area contributed by atoms with E-state index in [1.54, 1.807) is 19.2 Å². The van der Waals surface area contributed by atoms with Crippen LogP contribution in [0.15, 0.2) is 12.1 Å². The lowest BCUT2D eigenvalue weighted by atomic mass is 10.0. The lowest BCUT2D eigenvalue weighted by Crippen LogP contribution is -2.10. The number of alkyl halides is 1. The minimum Gasteiger partial charge on any atom is -0.493 e. The van der Waals surface area contributed by atoms with Crippen molar-refractivity contribution in [2.24, 2.45) is 0 Å². The molecule has 1 unspecified atom stereocenters. The average molecular weight is 259 g/mol. The van der Waals surface area contributed by atoms with Crippen LogP contribution in [0, 0.1) is 6.92 Å². The highest BCUT2D eigenvalue weighted by Gasteiger charge is 2.22. The van der Waals surface area contributed by atoms with Crippen molar-refractivity contribution in [1.29, 1.82) is 0 Å². The summed E-state index contributed by atoms with van der Waals surface area (Å²) in [6.07, 6.45) is 0. The van der Waals surface area contributed by atoms with Gasteiger partial charge in [0.2, 0.25) is 0 Å². The van der Waals surface area contributed by atoms with Gasteiger partial charge in [0.05, 0.1) is 21.3 Å². The van der Waals surface area contributed by atoms with Crippen LogP contribution in [-0.2, 0) is 9.53 Å². The van der Waals surface area contributed by atoms with E-state index in [0.717, 1.165) is 5.56 Å². The Kier molecular flexibility index (Phi) is 4.63. The number of ether oxygens (including phenoxy) is 3. The van der Waals surface area contributed by atoms with Crippen molar-refractivity contribution >= 4 is 17.6 Å². The molecule has 0 saturated carbocycles. The molecule has 0 heterocycles. The summed E-state index contributed by atoms with van der Waals surface area (Å²) in [5, 5.41) is -0.847. The van der Waals surface area contributed by atoms with E-state index >= 15 is 0 Å². The van der Waals surface area contributed by atoms with Gasteiger partial charge in [-0.25, -0.2) is 0 Å². The fraction of sp³-hybridized carbons (Fsp3) is 0.417. The first-order valence-electron chi connectivity index (χ1n) is 4.99. The van der Waals surface area contributed by atoms with Gasteiger partial charge in [0, 0.05) is 0 Å². The molecule has 1 rings (SSSR count). The molecule has 0 amide bonds. The average Bonchev–Trinajstić information content (AvgIpc) is 2.36. The van der Waals surface area contributed by atoms with Gasteiger partial charge in [-0.2, -0.15) is 0 Å². The Balaban J connectivity index is 3.21. The van der Waals surface area contributed by atoms with E-state index in [-0.39, 0.29) is 0 Å². The molecule has 0 aliphatic carbocycles. The van der Waals surface area contributed by atoms with Crippen LogP contribution < -0.4 is 9.47 Å². The van der Waals surface area contributed by atoms with Crippen LogP contribution in [-0.4, -0.2) is 27.3 Å². The van der Waals surface area contributed by atoms with Crippen molar-refractivity contribution in [3.8, 4) is 11.5 Å². The van der Waals surface area contributed by atoms with Crippen molar-refractivity contribution in [3.63, 3.8) is 0 Å². The molecule has 0 fully saturated rings. The Hall–Kier alpha value is -1.42. The Bertz CT molecular complexity index is 417. The minimum absolute atomic E-state index is 0.498. The van der Waals surface area contributed by atoms with Crippen molar-refractivity contribution in [3.05, 3.63) is 23.3 Å². The third kappa shape index (κ3) is 2.82. The van der Waals surface area contributed by atoms with E-state index in [2.05, 4.69) is 4.74 Å². The molecule has 4 nitrogen and oxygen atoms in total. The number of rotatable bonds is 4. The summed E-state index contributed by atoms with van der Waals surface area (Å²) in [7, 11) is 4.38. The molecule has 1 aromatic rings. The molecule has 0 saturated heterocycles. The number of hydrogen-bond donors (Lipinski definition) is 0. The van der Waals surface area contributed by atoms with E-state index in [9.17, 15) is 4.79 Å². The molecular weight excluding hydrogens is 244 g/mol. The van der Waals surface area contributed by atoms with E-state index in [1.807, 2.05) is 6.92 Å². The Labute approximate surface area is 105 Å². The number of benzene rings is 1. The zero-order valence-electron chi connectivity index (χ0n) is 10.2. The minimum atomic E-state index is -0.847. The molecule has 94 valence electrons. The van der Waals surface area contributed by atoms with Gasteiger partial charge in [0.1, 0.15) is 0 Å². The predicted octanol–water partition coefficient (Wildman–Crippen LogP) is 2.47. The van der Waals surface area contributed by atoms with Gasteiger partial charge < -0.3 is 14.2 Å². The number of carbonyl (C=O) groups is 1. The number of carbonyl (C=O) groups excluding carboxylic acids is 1. The monoisotopic (exact) mass is 258 g/mol. The number of hydrogen-bond acceptors (Lipinski definition) is 4. The van der Waals surface area contributed by atoms with Crippen LogP contribution in [0.2, 0.25) is 0 Å². The number of aryl methyl sites for hydroxylation is 1. The van der Waals surface area contributed by atoms with Crippen LogP contribution in [0.5, 0.6) is 11.5 Å². The summed E-state index contributed by atoms with van der Waals surface area (Å²) in [4.78, 5) is 11.4. The lowest BCUT2D eigenvalue weighted by molar-refractivity contribution is -0.140. The summed E-state index contributed by atoms with van der Waals surface area (Å²) < 4.78 is 14.9. The topological polar surface area (TPSA) is 44.8 Å². The molecule has 1 aromatic carbocycles. The lowest BCUT2D eigenvalue weighted by Gasteiger charge is -2.15. The quantitative estimate of drug-likeness (QED) is 0.615. The highest BCUT2D eigenvalue weighted by molar-refractivity contribution is 6.30. The Morgan fingerprint density at radius 1 is 1.18 bits per heavy atom. The summed E-state index contributed by atoms with van der Waals surface area (Å²) >= 11 is 6.02. The molecule has 17 heavy (non-hydrogen) atoms. The van der Waals surface area contributed by atoms with E-state index < -0.39 is 11.3 Å². The highest BCUT2D eigenvalue weighted by atomic mass is 35.5. The van der Waals surface area contributed by atoms with Gasteiger partial charge in [-0.05, 0) is 30.2 Å². The van der Waals surface area contributed by atoms with Crippen LogP contribution in [0.3, 0.4) is 0 Å². The van der Waals surface area contributed by atoms with Gasteiger partial charge in [-0.1, -0.05) is 0 Å². The van der Waals surface area contributed by atoms with Crippen molar-refractivity contribution < 1.29 is 19.0 Å². The zero-order chi connectivity index (χ0) is 13.0. The summed E-state index contributed by atoms with van der Waals surface area (Å²) in [5.74, 6) is 0.632. The third-order valence-corrected chi connectivity index (χ3v) is 2.87. The fourth-order valence-corrected chi connectivity index (χ4v) is 1.82. The Morgan fingerprint density at radius 3 is 2.18 bits per heavy atom. The van der Waals surface area contributed by atoms with Gasteiger partial charge >= 0.3 is 5.97 Å². The van der Waals surface area contributed by atoms with Crippen molar-refractivity contribution in [2.75, 3.05) is 21.3 Å². The molecule has 0 radical (unpaired) electrons. The van der Waals surface area contributed by atoms with Crippen LogP contribution >= 0.6 is 11.6 Å². The SMILES string of the molecule is COC(=O)C(Cl)c1cc(OC)c(OC)cc1C. The first-order chi connectivity index (χ1) is 8.04. The smallest absolute Gasteiger partial charge is 0.328 e. The molecule has 0 aliphatic rings. The van der Waals surface area contributed by atoms with E-state index in [4.69, 9.17) is 21.1 Å². The molecule has 0 bridgehead atoms. The van der Waals surface area contributed by atoms with Crippen LogP contribution in [0.25, 0.3) is 0 Å². The Morgan fingerprint density at radius 2 is 1.71 bits per heavy atom. The van der Waals surface area contributed by atoms with Crippen molar-refractivity contribution in [2.45, 2.75) is 12.3 Å². The molecule has 0 spiro atoms. The molecule has 5 heteroatoms. The normalized spacial score (nSPS) is 11.8. The van der Waals surface area contributed by atoms with E-state index in [1.165, 1.54) is 14.2 Å². The predicted molar refractivity (Wildman–Crippen MR) is 64.9 cm³/mol. The highest BCUT2D eigenvalue weighted by Crippen LogP contribution is 2.35. The maximum absolute atomic E-state index is 11.4. The molecular formula is C12H15ClO4. The maximum atomic E-state index is 11.4. The van der Waals surface area contributed by atoms with E-state index in [0.29, 0.717) is 17.1 Å². The van der Waals surface area contributed by atoms with Gasteiger partial charge in [-0.3, -0.25) is 4.79 Å². The van der Waals surface area contributed by atoms with Crippen molar-refractivity contribution in [1.82, 2.24) is 0 Å². The second-order valence-electron chi connectivity index (χ2n) is 3.45. The first-order valence-corrected chi connectivity index (χ1v) is 5.43.